The number of imidazole rings is 1. The summed E-state index contributed by atoms with van der Waals surface area (Å²) in [6.07, 6.45) is 6.14. The number of aromatic nitrogens is 6. The first-order valence-electron chi connectivity index (χ1n) is 5.66. The van der Waals surface area contributed by atoms with Crippen LogP contribution in [0, 0.1) is 0 Å². The van der Waals surface area contributed by atoms with Crippen molar-refractivity contribution in [2.24, 2.45) is 0 Å². The standard InChI is InChI=1S/C11H11N7O/c19-4-8-7(12-1-2-13-8)3-14-10-9-11(16-5-15-9)18-6-17-10/h1-2,5-6,19H,3-4H2,(H2,14,15,16,17,18). The third-order valence-corrected chi connectivity index (χ3v) is 2.65. The quantitative estimate of drug-likeness (QED) is 0.614. The molecule has 8 nitrogen and oxygen atoms in total. The van der Waals surface area contributed by atoms with Gasteiger partial charge < -0.3 is 15.4 Å². The maximum atomic E-state index is 9.18. The van der Waals surface area contributed by atoms with Crippen LogP contribution in [0.2, 0.25) is 0 Å². The van der Waals surface area contributed by atoms with Gasteiger partial charge in [0.2, 0.25) is 0 Å². The minimum absolute atomic E-state index is 0.146. The average molecular weight is 257 g/mol. The van der Waals surface area contributed by atoms with Crippen molar-refractivity contribution in [1.82, 2.24) is 29.9 Å². The van der Waals surface area contributed by atoms with E-state index in [0.717, 1.165) is 0 Å². The van der Waals surface area contributed by atoms with Gasteiger partial charge in [-0.25, -0.2) is 15.0 Å². The summed E-state index contributed by atoms with van der Waals surface area (Å²) in [7, 11) is 0. The van der Waals surface area contributed by atoms with E-state index in [1.165, 1.54) is 6.33 Å². The smallest absolute Gasteiger partial charge is 0.162 e. The van der Waals surface area contributed by atoms with Crippen LogP contribution in [0.5, 0.6) is 0 Å². The number of nitrogens with one attached hydrogen (secondary N) is 2. The average Bonchev–Trinajstić information content (AvgIpc) is 2.94. The fourth-order valence-electron chi connectivity index (χ4n) is 1.74. The van der Waals surface area contributed by atoms with Crippen LogP contribution in [0.1, 0.15) is 11.4 Å². The number of aliphatic hydroxyl groups excluding tert-OH is 1. The summed E-state index contributed by atoms with van der Waals surface area (Å²) in [6.45, 7) is 0.259. The van der Waals surface area contributed by atoms with Crippen molar-refractivity contribution in [3.63, 3.8) is 0 Å². The van der Waals surface area contributed by atoms with Crippen LogP contribution in [0.25, 0.3) is 11.2 Å². The molecule has 0 atom stereocenters. The summed E-state index contributed by atoms with van der Waals surface area (Å²) in [5, 5.41) is 12.3. The molecular weight excluding hydrogens is 246 g/mol. The lowest BCUT2D eigenvalue weighted by molar-refractivity contribution is 0.275. The lowest BCUT2D eigenvalue weighted by Crippen LogP contribution is -2.08. The van der Waals surface area contributed by atoms with E-state index in [4.69, 9.17) is 0 Å². The first-order valence-corrected chi connectivity index (χ1v) is 5.66. The van der Waals surface area contributed by atoms with Crippen LogP contribution in [0.4, 0.5) is 5.82 Å². The molecule has 0 saturated heterocycles. The summed E-state index contributed by atoms with van der Waals surface area (Å²) < 4.78 is 0. The molecular formula is C11H11N7O. The minimum Gasteiger partial charge on any atom is -0.390 e. The first-order chi connectivity index (χ1) is 9.38. The maximum absolute atomic E-state index is 9.18. The van der Waals surface area contributed by atoms with E-state index < -0.39 is 0 Å². The van der Waals surface area contributed by atoms with Gasteiger partial charge in [0.05, 0.1) is 30.9 Å². The van der Waals surface area contributed by atoms with Gasteiger partial charge in [-0.1, -0.05) is 0 Å². The molecule has 19 heavy (non-hydrogen) atoms. The molecule has 0 saturated carbocycles. The third-order valence-electron chi connectivity index (χ3n) is 2.65. The maximum Gasteiger partial charge on any atom is 0.162 e. The zero-order valence-electron chi connectivity index (χ0n) is 9.91. The molecule has 0 radical (unpaired) electrons. The Kier molecular flexibility index (Phi) is 2.99. The highest BCUT2D eigenvalue weighted by Crippen LogP contribution is 2.15. The molecule has 8 heteroatoms. The Labute approximate surface area is 108 Å². The second-order valence-electron chi connectivity index (χ2n) is 3.78. The highest BCUT2D eigenvalue weighted by molar-refractivity contribution is 5.81. The number of hydrogen-bond acceptors (Lipinski definition) is 7. The lowest BCUT2D eigenvalue weighted by atomic mass is 10.3. The SMILES string of the molecule is OCc1nccnc1CNc1ncnc2[nH]cnc12. The van der Waals surface area contributed by atoms with Gasteiger partial charge in [-0.15, -0.1) is 0 Å². The van der Waals surface area contributed by atoms with E-state index >= 15 is 0 Å². The van der Waals surface area contributed by atoms with E-state index in [0.29, 0.717) is 34.9 Å². The van der Waals surface area contributed by atoms with Crippen molar-refractivity contribution in [3.8, 4) is 0 Å². The fraction of sp³-hybridized carbons (Fsp3) is 0.182. The van der Waals surface area contributed by atoms with Gasteiger partial charge in [0, 0.05) is 12.4 Å². The Morgan fingerprint density at radius 2 is 1.89 bits per heavy atom. The zero-order valence-corrected chi connectivity index (χ0v) is 9.91. The Hall–Kier alpha value is -2.61. The topological polar surface area (TPSA) is 113 Å². The van der Waals surface area contributed by atoms with Crippen molar-refractivity contribution in [3.05, 3.63) is 36.4 Å². The number of rotatable bonds is 4. The van der Waals surface area contributed by atoms with Crippen LogP contribution < -0.4 is 5.32 Å². The Morgan fingerprint density at radius 3 is 2.74 bits per heavy atom. The van der Waals surface area contributed by atoms with Crippen LogP contribution in [0.3, 0.4) is 0 Å². The Bertz CT molecular complexity index is 696. The number of hydrogen-bond donors (Lipinski definition) is 3. The number of H-pyrrole nitrogens is 1. The van der Waals surface area contributed by atoms with E-state index in [9.17, 15) is 5.11 Å². The second-order valence-corrected chi connectivity index (χ2v) is 3.78. The van der Waals surface area contributed by atoms with Gasteiger partial charge in [-0.3, -0.25) is 9.97 Å². The summed E-state index contributed by atoms with van der Waals surface area (Å²) in [5.41, 5.74) is 2.55. The van der Waals surface area contributed by atoms with Crippen molar-refractivity contribution < 1.29 is 5.11 Å². The number of fused-ring (bicyclic) bond motifs is 1. The normalized spacial score (nSPS) is 10.8. The zero-order chi connectivity index (χ0) is 13.1. The number of aliphatic hydroxyl groups is 1. The number of anilines is 1. The summed E-state index contributed by atoms with van der Waals surface area (Å²) in [5.74, 6) is 0.612. The molecule has 3 N–H and O–H groups in total. The van der Waals surface area contributed by atoms with Gasteiger partial charge in [-0.05, 0) is 0 Å². The van der Waals surface area contributed by atoms with Crippen LogP contribution in [0.15, 0.2) is 25.0 Å². The Morgan fingerprint density at radius 1 is 1.05 bits per heavy atom. The first kappa shape index (κ1) is 11.5. The van der Waals surface area contributed by atoms with Gasteiger partial charge in [0.1, 0.15) is 11.8 Å². The highest BCUT2D eigenvalue weighted by Gasteiger charge is 2.08. The molecule has 0 unspecified atom stereocenters. The van der Waals surface area contributed by atoms with E-state index in [-0.39, 0.29) is 6.61 Å². The largest absolute Gasteiger partial charge is 0.390 e. The third kappa shape index (κ3) is 2.20. The Balaban J connectivity index is 1.84. The molecule has 0 bridgehead atoms. The van der Waals surface area contributed by atoms with Crippen molar-refractivity contribution >= 4 is 17.0 Å². The van der Waals surface area contributed by atoms with Gasteiger partial charge in [-0.2, -0.15) is 0 Å². The molecule has 0 spiro atoms. The number of nitrogens with zero attached hydrogens (tertiary/aromatic N) is 5. The second kappa shape index (κ2) is 4.94. The molecule has 96 valence electrons. The van der Waals surface area contributed by atoms with Crippen LogP contribution in [-0.2, 0) is 13.2 Å². The highest BCUT2D eigenvalue weighted by atomic mass is 16.3. The molecule has 3 heterocycles. The molecule has 0 aromatic carbocycles. The predicted octanol–water partition coefficient (Wildman–Crippen LogP) is 0.247. The van der Waals surface area contributed by atoms with Gasteiger partial charge >= 0.3 is 0 Å². The molecule has 3 aromatic heterocycles. The van der Waals surface area contributed by atoms with Gasteiger partial charge in [0.15, 0.2) is 11.5 Å². The van der Waals surface area contributed by atoms with Crippen LogP contribution >= 0.6 is 0 Å². The van der Waals surface area contributed by atoms with E-state index in [2.05, 4.69) is 35.2 Å². The molecule has 0 aliphatic heterocycles. The summed E-state index contributed by atoms with van der Waals surface area (Å²) >= 11 is 0. The lowest BCUT2D eigenvalue weighted by Gasteiger charge is -2.07. The fourth-order valence-corrected chi connectivity index (χ4v) is 1.74. The molecule has 3 rings (SSSR count). The monoisotopic (exact) mass is 257 g/mol. The predicted molar refractivity (Wildman–Crippen MR) is 67.0 cm³/mol. The summed E-state index contributed by atoms with van der Waals surface area (Å²) in [4.78, 5) is 23.5. The van der Waals surface area contributed by atoms with E-state index in [1.807, 2.05) is 0 Å². The molecule has 0 aliphatic carbocycles. The van der Waals surface area contributed by atoms with Crippen molar-refractivity contribution in [2.45, 2.75) is 13.2 Å². The minimum atomic E-state index is -0.146. The summed E-state index contributed by atoms with van der Waals surface area (Å²) in [6, 6.07) is 0. The molecule has 3 aromatic rings. The molecule has 0 fully saturated rings. The van der Waals surface area contributed by atoms with E-state index in [1.54, 1.807) is 18.7 Å². The molecule has 0 amide bonds. The van der Waals surface area contributed by atoms with Crippen molar-refractivity contribution in [2.75, 3.05) is 5.32 Å². The van der Waals surface area contributed by atoms with Crippen molar-refractivity contribution in [1.29, 1.82) is 0 Å². The van der Waals surface area contributed by atoms with Crippen LogP contribution in [-0.4, -0.2) is 35.0 Å². The van der Waals surface area contributed by atoms with Gasteiger partial charge in [0.25, 0.3) is 0 Å². The molecule has 0 aliphatic rings. The number of aromatic amines is 1.